The van der Waals surface area contributed by atoms with Crippen LogP contribution in [0.1, 0.15) is 6.42 Å². The quantitative estimate of drug-likeness (QED) is 0.486. The summed E-state index contributed by atoms with van der Waals surface area (Å²) in [5.41, 5.74) is 0. The minimum atomic E-state index is -1.71. The molecule has 0 aromatic rings. The molecule has 0 spiro atoms. The molecule has 0 aromatic heterocycles. The van der Waals surface area contributed by atoms with Gasteiger partial charge in [-0.15, -0.1) is 0 Å². The van der Waals surface area contributed by atoms with Crippen molar-refractivity contribution in [3.8, 4) is 0 Å². The van der Waals surface area contributed by atoms with E-state index in [1.54, 1.807) is 6.08 Å². The van der Waals surface area contributed by atoms with Crippen LogP contribution < -0.4 is 0 Å². The molecule has 0 saturated carbocycles. The molecule has 1 aliphatic rings. The molecule has 1 aliphatic carbocycles. The molecule has 0 amide bonds. The first kappa shape index (κ1) is 7.10. The molecule has 9 heavy (non-hydrogen) atoms. The highest BCUT2D eigenvalue weighted by molar-refractivity contribution is 6.32. The molecule has 3 heteroatoms. The van der Waals surface area contributed by atoms with Crippen molar-refractivity contribution in [2.24, 2.45) is 0 Å². The first-order chi connectivity index (χ1) is 4.10. The van der Waals surface area contributed by atoms with Crippen LogP contribution in [0.3, 0.4) is 0 Å². The van der Waals surface area contributed by atoms with Gasteiger partial charge in [0.05, 0.1) is 0 Å². The topological polar surface area (TPSA) is 0 Å². The summed E-state index contributed by atoms with van der Waals surface area (Å²) >= 11 is 10.8. The Balaban J connectivity index is 2.70. The van der Waals surface area contributed by atoms with Crippen LogP contribution in [0.2, 0.25) is 0 Å². The fourth-order valence-electron chi connectivity index (χ4n) is 0.571. The van der Waals surface area contributed by atoms with Crippen molar-refractivity contribution >= 4 is 23.2 Å². The summed E-state index contributed by atoms with van der Waals surface area (Å²) in [6.07, 6.45) is 4.41. The van der Waals surface area contributed by atoms with Crippen LogP contribution in [0.25, 0.3) is 0 Å². The van der Waals surface area contributed by atoms with Crippen molar-refractivity contribution in [1.29, 1.82) is 0 Å². The Labute approximate surface area is 63.0 Å². The van der Waals surface area contributed by atoms with Crippen molar-refractivity contribution in [1.82, 2.24) is 0 Å². The van der Waals surface area contributed by atoms with Gasteiger partial charge in [-0.3, -0.25) is 0 Å². The van der Waals surface area contributed by atoms with E-state index in [9.17, 15) is 4.39 Å². The minimum absolute atomic E-state index is 0.157. The monoisotopic (exact) mass is 166 g/mol. The van der Waals surface area contributed by atoms with Gasteiger partial charge < -0.3 is 0 Å². The molecule has 0 heterocycles. The molecule has 0 nitrogen and oxygen atoms in total. The van der Waals surface area contributed by atoms with Crippen LogP contribution in [0, 0.1) is 0 Å². The van der Waals surface area contributed by atoms with Gasteiger partial charge in [0.25, 0.3) is 0 Å². The number of alkyl halides is 2. The number of allylic oxidation sites excluding steroid dienone is 4. The Bertz CT molecular complexity index is 170. The Hall–Kier alpha value is -0.0100. The van der Waals surface area contributed by atoms with E-state index >= 15 is 0 Å². The first-order valence-corrected chi connectivity index (χ1v) is 3.28. The van der Waals surface area contributed by atoms with Gasteiger partial charge in [-0.2, -0.15) is 0 Å². The fraction of sp³-hybridized carbons (Fsp3) is 0.333. The van der Waals surface area contributed by atoms with Crippen molar-refractivity contribution < 1.29 is 4.39 Å². The number of hydrogen-bond acceptors (Lipinski definition) is 0. The lowest BCUT2D eigenvalue weighted by molar-refractivity contribution is 0.347. The van der Waals surface area contributed by atoms with E-state index in [2.05, 4.69) is 0 Å². The summed E-state index contributed by atoms with van der Waals surface area (Å²) in [7, 11) is 0. The van der Waals surface area contributed by atoms with Gasteiger partial charge in [0, 0.05) is 11.5 Å². The van der Waals surface area contributed by atoms with Crippen LogP contribution >= 0.6 is 23.2 Å². The normalized spacial score (nSPS) is 34.3. The zero-order valence-electron chi connectivity index (χ0n) is 4.57. The summed E-state index contributed by atoms with van der Waals surface area (Å²) in [5.74, 6) is 0. The third-order valence-electron chi connectivity index (χ3n) is 1.06. The molecule has 1 atom stereocenters. The average Bonchev–Trinajstić information content (AvgIpc) is 1.78. The summed E-state index contributed by atoms with van der Waals surface area (Å²) in [5, 5.41) is -1.16. The van der Waals surface area contributed by atoms with Crippen molar-refractivity contribution in [3.63, 3.8) is 0 Å². The van der Waals surface area contributed by atoms with Crippen molar-refractivity contribution in [2.75, 3.05) is 0 Å². The van der Waals surface area contributed by atoms with Gasteiger partial charge in [-0.1, -0.05) is 29.3 Å². The second-order valence-electron chi connectivity index (χ2n) is 1.89. The van der Waals surface area contributed by atoms with E-state index in [0.717, 1.165) is 0 Å². The van der Waals surface area contributed by atoms with Crippen LogP contribution in [0.5, 0.6) is 0 Å². The van der Waals surface area contributed by atoms with E-state index in [0.29, 0.717) is 5.03 Å². The predicted octanol–water partition coefficient (Wildman–Crippen LogP) is 2.97. The molecule has 1 unspecified atom stereocenters. The van der Waals surface area contributed by atoms with Crippen LogP contribution in [-0.2, 0) is 0 Å². The molecule has 0 bridgehead atoms. The van der Waals surface area contributed by atoms with E-state index in [1.807, 2.05) is 0 Å². The fourth-order valence-corrected chi connectivity index (χ4v) is 0.851. The van der Waals surface area contributed by atoms with Gasteiger partial charge >= 0.3 is 0 Å². The number of rotatable bonds is 0. The standard InChI is InChI=1S/C6H5Cl2F/c7-5-1-3-6(8,9)4-2-5/h1-3H,4H2. The molecule has 0 saturated heterocycles. The average molecular weight is 167 g/mol. The smallest absolute Gasteiger partial charge is 0.205 e. The lowest BCUT2D eigenvalue weighted by Gasteiger charge is -2.13. The molecule has 0 aromatic carbocycles. The van der Waals surface area contributed by atoms with E-state index in [4.69, 9.17) is 23.2 Å². The summed E-state index contributed by atoms with van der Waals surface area (Å²) in [6.45, 7) is 0. The summed E-state index contributed by atoms with van der Waals surface area (Å²) in [6, 6.07) is 0. The van der Waals surface area contributed by atoms with Crippen LogP contribution in [-0.4, -0.2) is 5.13 Å². The molecule has 0 N–H and O–H groups in total. The van der Waals surface area contributed by atoms with Crippen LogP contribution in [0.15, 0.2) is 23.3 Å². The zero-order chi connectivity index (χ0) is 6.91. The number of hydrogen-bond donors (Lipinski definition) is 0. The molecule has 1 rings (SSSR count). The highest BCUT2D eigenvalue weighted by atomic mass is 35.5. The maximum absolute atomic E-state index is 12.6. The van der Waals surface area contributed by atoms with Crippen molar-refractivity contribution in [3.05, 3.63) is 23.3 Å². The second kappa shape index (κ2) is 2.31. The van der Waals surface area contributed by atoms with Gasteiger partial charge in [-0.25, -0.2) is 4.39 Å². The second-order valence-corrected chi connectivity index (χ2v) is 2.95. The Morgan fingerprint density at radius 3 is 2.67 bits per heavy atom. The molecule has 0 fully saturated rings. The Morgan fingerprint density at radius 2 is 2.33 bits per heavy atom. The zero-order valence-corrected chi connectivity index (χ0v) is 6.08. The van der Waals surface area contributed by atoms with E-state index in [-0.39, 0.29) is 6.42 Å². The Morgan fingerprint density at radius 1 is 1.67 bits per heavy atom. The molecule has 0 radical (unpaired) electrons. The Kier molecular flexibility index (Phi) is 1.83. The summed E-state index contributed by atoms with van der Waals surface area (Å²) in [4.78, 5) is 0. The summed E-state index contributed by atoms with van der Waals surface area (Å²) < 4.78 is 12.6. The van der Waals surface area contributed by atoms with E-state index < -0.39 is 5.13 Å². The van der Waals surface area contributed by atoms with Gasteiger partial charge in [0.2, 0.25) is 5.13 Å². The maximum atomic E-state index is 12.6. The highest BCUT2D eigenvalue weighted by Gasteiger charge is 2.22. The highest BCUT2D eigenvalue weighted by Crippen LogP contribution is 2.29. The maximum Gasteiger partial charge on any atom is 0.205 e. The largest absolute Gasteiger partial charge is 0.221 e. The van der Waals surface area contributed by atoms with E-state index in [1.165, 1.54) is 12.2 Å². The van der Waals surface area contributed by atoms with Gasteiger partial charge in [0.15, 0.2) is 0 Å². The third-order valence-corrected chi connectivity index (χ3v) is 1.62. The SMILES string of the molecule is FC1(Cl)C=CC(Cl)=CC1. The van der Waals surface area contributed by atoms with Gasteiger partial charge in [0.1, 0.15) is 0 Å². The molecule has 0 aliphatic heterocycles. The predicted molar refractivity (Wildman–Crippen MR) is 37.4 cm³/mol. The minimum Gasteiger partial charge on any atom is -0.221 e. The van der Waals surface area contributed by atoms with Crippen molar-refractivity contribution in [2.45, 2.75) is 11.5 Å². The lowest BCUT2D eigenvalue weighted by Crippen LogP contribution is -2.10. The third kappa shape index (κ3) is 1.99. The van der Waals surface area contributed by atoms with Crippen LogP contribution in [0.4, 0.5) is 4.39 Å². The number of halogens is 3. The molecular formula is C6H5Cl2F. The lowest BCUT2D eigenvalue weighted by atomic mass is 10.1. The van der Waals surface area contributed by atoms with Gasteiger partial charge in [-0.05, 0) is 12.2 Å². The first-order valence-electron chi connectivity index (χ1n) is 2.53. The molecule has 50 valence electrons. The molecular weight excluding hydrogens is 162 g/mol.